The molecule has 0 spiro atoms. The maximum absolute atomic E-state index is 5.47. The van der Waals surface area contributed by atoms with E-state index in [-0.39, 0.29) is 24.0 Å². The summed E-state index contributed by atoms with van der Waals surface area (Å²) in [6.07, 6.45) is 0.972. The van der Waals surface area contributed by atoms with Crippen molar-refractivity contribution < 1.29 is 14.2 Å². The van der Waals surface area contributed by atoms with Crippen molar-refractivity contribution in [3.05, 3.63) is 23.3 Å². The number of morpholine rings is 1. The van der Waals surface area contributed by atoms with Crippen molar-refractivity contribution >= 4 is 29.9 Å². The van der Waals surface area contributed by atoms with E-state index in [1.54, 1.807) is 14.2 Å². The van der Waals surface area contributed by atoms with Gasteiger partial charge in [0.15, 0.2) is 17.5 Å². The van der Waals surface area contributed by atoms with Crippen LogP contribution in [0, 0.1) is 5.92 Å². The highest BCUT2D eigenvalue weighted by Gasteiger charge is 2.22. The summed E-state index contributed by atoms with van der Waals surface area (Å²) in [6, 6.07) is 4.20. The molecule has 0 aromatic heterocycles. The van der Waals surface area contributed by atoms with Gasteiger partial charge in [-0.15, -0.1) is 24.0 Å². The number of nitrogens with zero attached hydrogens (tertiary/aromatic N) is 3. The summed E-state index contributed by atoms with van der Waals surface area (Å²) in [5, 5.41) is 3.57. The van der Waals surface area contributed by atoms with E-state index in [4.69, 9.17) is 14.2 Å². The molecule has 7 nitrogen and oxygen atoms in total. The molecule has 29 heavy (non-hydrogen) atoms. The van der Waals surface area contributed by atoms with Crippen LogP contribution in [0.2, 0.25) is 0 Å². The van der Waals surface area contributed by atoms with Crippen LogP contribution in [0.4, 0.5) is 0 Å². The van der Waals surface area contributed by atoms with Crippen LogP contribution in [0.5, 0.6) is 11.5 Å². The molecule has 1 atom stereocenters. The SMILES string of the molecule is CN=C(NCC(C)CN1CCOCC1)N1CCc2cc(OC)c(OC)cc2C1.I. The largest absolute Gasteiger partial charge is 0.493 e. The fraction of sp³-hybridized carbons (Fsp3) is 0.667. The number of guanidine groups is 1. The molecule has 1 fully saturated rings. The van der Waals surface area contributed by atoms with E-state index in [1.165, 1.54) is 11.1 Å². The smallest absolute Gasteiger partial charge is 0.193 e. The van der Waals surface area contributed by atoms with Crippen LogP contribution >= 0.6 is 24.0 Å². The molecule has 0 aliphatic carbocycles. The van der Waals surface area contributed by atoms with Crippen LogP contribution in [-0.4, -0.2) is 83.0 Å². The molecule has 0 radical (unpaired) electrons. The lowest BCUT2D eigenvalue weighted by Gasteiger charge is -2.33. The van der Waals surface area contributed by atoms with Crippen molar-refractivity contribution in [2.45, 2.75) is 19.9 Å². The van der Waals surface area contributed by atoms with Gasteiger partial charge in [-0.05, 0) is 35.6 Å². The van der Waals surface area contributed by atoms with Crippen molar-refractivity contribution in [2.75, 3.05) is 67.2 Å². The summed E-state index contributed by atoms with van der Waals surface area (Å²) in [5.74, 6) is 3.10. The molecule has 3 rings (SSSR count). The standard InChI is InChI=1S/C21H34N4O3.HI/c1-16(14-24-7-9-28-10-8-24)13-23-21(22-2)25-6-5-17-11-19(26-3)20(27-4)12-18(17)15-25;/h11-12,16H,5-10,13-15H2,1-4H3,(H,22,23);1H. The fourth-order valence-corrected chi connectivity index (χ4v) is 3.95. The molecule has 1 aromatic rings. The lowest BCUT2D eigenvalue weighted by atomic mass is 9.99. The Bertz CT molecular complexity index is 680. The molecule has 0 bridgehead atoms. The Hall–Kier alpha value is -1.26. The molecule has 0 amide bonds. The first-order chi connectivity index (χ1) is 13.6. The van der Waals surface area contributed by atoms with Gasteiger partial charge in [-0.1, -0.05) is 6.92 Å². The molecule has 8 heteroatoms. The van der Waals surface area contributed by atoms with Gasteiger partial charge in [0.1, 0.15) is 0 Å². The number of ether oxygens (including phenoxy) is 3. The van der Waals surface area contributed by atoms with Gasteiger partial charge >= 0.3 is 0 Å². The molecule has 164 valence electrons. The summed E-state index contributed by atoms with van der Waals surface area (Å²) < 4.78 is 16.3. The molecule has 1 aromatic carbocycles. The monoisotopic (exact) mass is 518 g/mol. The average molecular weight is 518 g/mol. The Morgan fingerprint density at radius 2 is 1.79 bits per heavy atom. The number of hydrogen-bond donors (Lipinski definition) is 1. The van der Waals surface area contributed by atoms with Crippen LogP contribution < -0.4 is 14.8 Å². The summed E-state index contributed by atoms with van der Waals surface area (Å²) >= 11 is 0. The predicted molar refractivity (Wildman–Crippen MR) is 127 cm³/mol. The number of benzene rings is 1. The second kappa shape index (κ2) is 11.8. The number of hydrogen-bond acceptors (Lipinski definition) is 5. The third kappa shape index (κ3) is 6.36. The lowest BCUT2D eigenvalue weighted by Crippen LogP contribution is -2.47. The quantitative estimate of drug-likeness (QED) is 0.354. The van der Waals surface area contributed by atoms with Crippen molar-refractivity contribution in [1.29, 1.82) is 0 Å². The van der Waals surface area contributed by atoms with Gasteiger partial charge in [0.05, 0.1) is 27.4 Å². The first-order valence-electron chi connectivity index (χ1n) is 10.1. The zero-order chi connectivity index (χ0) is 19.9. The first-order valence-corrected chi connectivity index (χ1v) is 10.1. The maximum atomic E-state index is 5.47. The molecule has 2 aliphatic rings. The fourth-order valence-electron chi connectivity index (χ4n) is 3.95. The van der Waals surface area contributed by atoms with Gasteiger partial charge in [0, 0.05) is 46.3 Å². The number of nitrogens with one attached hydrogen (secondary N) is 1. The highest BCUT2D eigenvalue weighted by atomic mass is 127. The number of fused-ring (bicyclic) bond motifs is 1. The number of halogens is 1. The minimum atomic E-state index is 0. The second-order valence-electron chi connectivity index (χ2n) is 7.59. The number of aliphatic imine (C=N–C) groups is 1. The van der Waals surface area contributed by atoms with E-state index in [9.17, 15) is 0 Å². The Balaban J connectivity index is 0.00000300. The summed E-state index contributed by atoms with van der Waals surface area (Å²) in [4.78, 5) is 9.32. The van der Waals surface area contributed by atoms with Gasteiger partial charge in [-0.25, -0.2) is 0 Å². The third-order valence-corrected chi connectivity index (χ3v) is 5.51. The minimum Gasteiger partial charge on any atom is -0.493 e. The molecule has 2 heterocycles. The average Bonchev–Trinajstić information content (AvgIpc) is 2.73. The van der Waals surface area contributed by atoms with E-state index < -0.39 is 0 Å². The second-order valence-corrected chi connectivity index (χ2v) is 7.59. The predicted octanol–water partition coefficient (Wildman–Crippen LogP) is 2.22. The normalized spacial score (nSPS) is 18.5. The van der Waals surface area contributed by atoms with Gasteiger partial charge in [-0.2, -0.15) is 0 Å². The van der Waals surface area contributed by atoms with E-state index in [0.29, 0.717) is 5.92 Å². The van der Waals surface area contributed by atoms with Crippen LogP contribution in [-0.2, 0) is 17.7 Å². The van der Waals surface area contributed by atoms with Crippen molar-refractivity contribution in [1.82, 2.24) is 15.1 Å². The topological polar surface area (TPSA) is 58.6 Å². The molecule has 2 aliphatic heterocycles. The van der Waals surface area contributed by atoms with Gasteiger partial charge < -0.3 is 24.4 Å². The maximum Gasteiger partial charge on any atom is 0.193 e. The van der Waals surface area contributed by atoms with Crippen molar-refractivity contribution in [3.8, 4) is 11.5 Å². The molecule has 1 N–H and O–H groups in total. The van der Waals surface area contributed by atoms with Crippen molar-refractivity contribution in [2.24, 2.45) is 10.9 Å². The number of rotatable bonds is 6. The summed E-state index contributed by atoms with van der Waals surface area (Å²) in [6.45, 7) is 9.84. The molecule has 1 unspecified atom stereocenters. The first kappa shape index (κ1) is 24.0. The zero-order valence-corrected chi connectivity index (χ0v) is 20.4. The van der Waals surface area contributed by atoms with Crippen LogP contribution in [0.15, 0.2) is 17.1 Å². The molecule has 1 saturated heterocycles. The van der Waals surface area contributed by atoms with Crippen LogP contribution in [0.1, 0.15) is 18.1 Å². The van der Waals surface area contributed by atoms with E-state index in [1.807, 2.05) is 7.05 Å². The zero-order valence-electron chi connectivity index (χ0n) is 18.1. The highest BCUT2D eigenvalue weighted by Crippen LogP contribution is 2.33. The number of methoxy groups -OCH3 is 2. The van der Waals surface area contributed by atoms with E-state index >= 15 is 0 Å². The third-order valence-electron chi connectivity index (χ3n) is 5.51. The summed E-state index contributed by atoms with van der Waals surface area (Å²) in [5.41, 5.74) is 2.60. The summed E-state index contributed by atoms with van der Waals surface area (Å²) in [7, 11) is 5.23. The van der Waals surface area contributed by atoms with E-state index in [0.717, 1.165) is 76.4 Å². The van der Waals surface area contributed by atoms with Crippen molar-refractivity contribution in [3.63, 3.8) is 0 Å². The minimum absolute atomic E-state index is 0. The Kier molecular flexibility index (Phi) is 9.78. The lowest BCUT2D eigenvalue weighted by molar-refractivity contribution is 0.0320. The van der Waals surface area contributed by atoms with Crippen LogP contribution in [0.25, 0.3) is 0 Å². The highest BCUT2D eigenvalue weighted by molar-refractivity contribution is 14.0. The Morgan fingerprint density at radius 1 is 1.14 bits per heavy atom. The Morgan fingerprint density at radius 3 is 2.41 bits per heavy atom. The molecule has 0 saturated carbocycles. The van der Waals surface area contributed by atoms with E-state index in [2.05, 4.69) is 39.2 Å². The molecular formula is C21H35IN4O3. The molecular weight excluding hydrogens is 483 g/mol. The Labute approximate surface area is 191 Å². The van der Waals surface area contributed by atoms with Crippen LogP contribution in [0.3, 0.4) is 0 Å². The van der Waals surface area contributed by atoms with Gasteiger partial charge in [0.2, 0.25) is 0 Å². The van der Waals surface area contributed by atoms with Gasteiger partial charge in [-0.3, -0.25) is 9.89 Å². The van der Waals surface area contributed by atoms with Gasteiger partial charge in [0.25, 0.3) is 0 Å².